The number of carbonyl (C=O) groups is 1. The van der Waals surface area contributed by atoms with E-state index in [-0.39, 0.29) is 22.1 Å². The Morgan fingerprint density at radius 3 is 2.29 bits per heavy atom. The van der Waals surface area contributed by atoms with E-state index in [0.717, 1.165) is 6.54 Å². The average molecular weight is 413 g/mol. The second kappa shape index (κ2) is 9.24. The molecule has 0 atom stereocenters. The third-order valence-corrected chi connectivity index (χ3v) is 7.01. The van der Waals surface area contributed by atoms with Gasteiger partial charge in [-0.2, -0.15) is 4.31 Å². The number of methoxy groups -OCH3 is 1. The van der Waals surface area contributed by atoms with Gasteiger partial charge in [0.15, 0.2) is 0 Å². The van der Waals surface area contributed by atoms with Crippen molar-refractivity contribution in [3.63, 3.8) is 0 Å². The van der Waals surface area contributed by atoms with Gasteiger partial charge in [-0.05, 0) is 37.1 Å². The molecule has 0 saturated carbocycles. The number of nitrogens with one attached hydrogen (secondary N) is 2. The van der Waals surface area contributed by atoms with Crippen LogP contribution >= 0.6 is 0 Å². The second-order valence-corrected chi connectivity index (χ2v) is 10.6. The van der Waals surface area contributed by atoms with Crippen LogP contribution in [0.25, 0.3) is 0 Å². The summed E-state index contributed by atoms with van der Waals surface area (Å²) in [4.78, 5) is 14.1. The van der Waals surface area contributed by atoms with Crippen molar-refractivity contribution in [3.05, 3.63) is 24.3 Å². The molecule has 7 nitrogen and oxygen atoms in total. The molecule has 28 heavy (non-hydrogen) atoms. The molecule has 8 heteroatoms. The smallest absolute Gasteiger partial charge is 0.243 e. The van der Waals surface area contributed by atoms with Crippen molar-refractivity contribution in [2.75, 3.05) is 47.4 Å². The molecule has 0 bridgehead atoms. The van der Waals surface area contributed by atoms with Crippen molar-refractivity contribution < 1.29 is 22.8 Å². The highest BCUT2D eigenvalue weighted by atomic mass is 32.2. The molecule has 1 aliphatic heterocycles. The quantitative estimate of drug-likeness (QED) is 0.647. The van der Waals surface area contributed by atoms with Gasteiger partial charge >= 0.3 is 0 Å². The number of carbonyl (C=O) groups excluding carboxylic acids is 1. The van der Waals surface area contributed by atoms with Gasteiger partial charge in [0.1, 0.15) is 5.75 Å². The first-order valence-electron chi connectivity index (χ1n) is 9.76. The number of amides is 1. The van der Waals surface area contributed by atoms with Gasteiger partial charge in [0.2, 0.25) is 15.9 Å². The fraction of sp³-hybridized carbons (Fsp3) is 0.650. The molecule has 1 amide bonds. The van der Waals surface area contributed by atoms with Crippen LogP contribution in [0.15, 0.2) is 29.2 Å². The lowest BCUT2D eigenvalue weighted by molar-refractivity contribution is -0.865. The second-order valence-electron chi connectivity index (χ2n) is 8.62. The predicted molar refractivity (Wildman–Crippen MR) is 109 cm³/mol. The van der Waals surface area contributed by atoms with Gasteiger partial charge in [-0.1, -0.05) is 13.8 Å². The van der Waals surface area contributed by atoms with Crippen molar-refractivity contribution in [2.45, 2.75) is 31.6 Å². The van der Waals surface area contributed by atoms with Crippen molar-refractivity contribution >= 4 is 15.9 Å². The molecule has 1 aromatic rings. The van der Waals surface area contributed by atoms with Crippen LogP contribution in [0.3, 0.4) is 0 Å². The van der Waals surface area contributed by atoms with Crippen LogP contribution in [0.1, 0.15) is 26.7 Å². The van der Waals surface area contributed by atoms with Crippen LogP contribution in [-0.4, -0.2) is 66.0 Å². The summed E-state index contributed by atoms with van der Waals surface area (Å²) in [5.74, 6) is 0.515. The highest BCUT2D eigenvalue weighted by Gasteiger charge is 2.33. The summed E-state index contributed by atoms with van der Waals surface area (Å²) in [6.45, 7) is 6.59. The maximum atomic E-state index is 12.8. The summed E-state index contributed by atoms with van der Waals surface area (Å²) in [7, 11) is 2.20. The molecule has 1 aliphatic rings. The van der Waals surface area contributed by atoms with Gasteiger partial charge < -0.3 is 15.0 Å². The van der Waals surface area contributed by atoms with Crippen molar-refractivity contribution in [1.29, 1.82) is 0 Å². The molecule has 1 saturated heterocycles. The minimum Gasteiger partial charge on any atom is -0.497 e. The van der Waals surface area contributed by atoms with Crippen molar-refractivity contribution in [1.82, 2.24) is 9.62 Å². The van der Waals surface area contributed by atoms with Gasteiger partial charge in [-0.15, -0.1) is 0 Å². The average Bonchev–Trinajstić information content (AvgIpc) is 2.65. The molecule has 0 aliphatic carbocycles. The number of quaternary nitrogens is 1. The third kappa shape index (κ3) is 5.93. The Hall–Kier alpha value is -1.64. The highest BCUT2D eigenvalue weighted by molar-refractivity contribution is 7.89. The van der Waals surface area contributed by atoms with E-state index in [4.69, 9.17) is 4.74 Å². The van der Waals surface area contributed by atoms with E-state index in [1.807, 2.05) is 0 Å². The zero-order chi connectivity index (χ0) is 20.9. The Morgan fingerprint density at radius 1 is 1.21 bits per heavy atom. The molecule has 1 fully saturated rings. The summed E-state index contributed by atoms with van der Waals surface area (Å²) >= 11 is 0. The zero-order valence-corrected chi connectivity index (χ0v) is 18.4. The molecule has 0 spiro atoms. The first-order valence-corrected chi connectivity index (χ1v) is 11.2. The first kappa shape index (κ1) is 22.6. The van der Waals surface area contributed by atoms with Gasteiger partial charge in [-0.25, -0.2) is 8.42 Å². The zero-order valence-electron chi connectivity index (χ0n) is 17.6. The summed E-state index contributed by atoms with van der Waals surface area (Å²) in [5.41, 5.74) is 0.0207. The molecular weight excluding hydrogens is 378 g/mol. The molecule has 0 radical (unpaired) electrons. The molecule has 158 valence electrons. The van der Waals surface area contributed by atoms with Crippen LogP contribution in [0, 0.1) is 11.3 Å². The number of hydrogen-bond donors (Lipinski definition) is 2. The fourth-order valence-electron chi connectivity index (χ4n) is 3.75. The lowest BCUT2D eigenvalue weighted by Crippen LogP contribution is -3.07. The number of ether oxygens (including phenoxy) is 1. The maximum absolute atomic E-state index is 12.8. The largest absolute Gasteiger partial charge is 0.497 e. The van der Waals surface area contributed by atoms with Crippen LogP contribution < -0.4 is 15.0 Å². The summed E-state index contributed by atoms with van der Waals surface area (Å²) in [6, 6.07) is 6.40. The van der Waals surface area contributed by atoms with Crippen LogP contribution in [-0.2, 0) is 14.8 Å². The van der Waals surface area contributed by atoms with Crippen molar-refractivity contribution in [2.24, 2.45) is 11.3 Å². The Bertz CT molecular complexity index is 752. The Kier molecular flexibility index (Phi) is 7.47. The Balaban J connectivity index is 1.90. The molecular formula is C20H34N3O4S+. The third-order valence-electron chi connectivity index (χ3n) is 5.10. The lowest BCUT2D eigenvalue weighted by atomic mass is 9.91. The van der Waals surface area contributed by atoms with E-state index in [2.05, 4.69) is 33.3 Å². The van der Waals surface area contributed by atoms with E-state index in [1.165, 1.54) is 9.21 Å². The summed E-state index contributed by atoms with van der Waals surface area (Å²) < 4.78 is 32.2. The van der Waals surface area contributed by atoms with Crippen LogP contribution in [0.4, 0.5) is 0 Å². The number of hydrogen-bond acceptors (Lipinski definition) is 4. The van der Waals surface area contributed by atoms with E-state index in [1.54, 1.807) is 31.4 Å². The molecule has 1 heterocycles. The topological polar surface area (TPSA) is 80.2 Å². The highest BCUT2D eigenvalue weighted by Crippen LogP contribution is 2.25. The van der Waals surface area contributed by atoms with Gasteiger partial charge in [0.05, 0.1) is 32.6 Å². The summed E-state index contributed by atoms with van der Waals surface area (Å²) in [5, 5.41) is 3.06. The van der Waals surface area contributed by atoms with Gasteiger partial charge in [0.25, 0.3) is 0 Å². The molecule has 2 rings (SSSR count). The normalized spacial score (nSPS) is 16.9. The standard InChI is InChI=1S/C20H33N3O4S/c1-20(2,15-22(3)4)14-21-19(24)16-10-12-23(13-11-16)28(25,26)18-8-6-17(27-5)7-9-18/h6-9,16H,10-15H2,1-5H3,(H,21,24)/p+1. The molecule has 2 N–H and O–H groups in total. The van der Waals surface area contributed by atoms with E-state index < -0.39 is 10.0 Å². The van der Waals surface area contributed by atoms with Crippen LogP contribution in [0.2, 0.25) is 0 Å². The van der Waals surface area contributed by atoms with Crippen LogP contribution in [0.5, 0.6) is 5.75 Å². The number of sulfonamides is 1. The molecule has 0 aromatic heterocycles. The monoisotopic (exact) mass is 412 g/mol. The fourth-order valence-corrected chi connectivity index (χ4v) is 5.22. The number of benzene rings is 1. The lowest BCUT2D eigenvalue weighted by Gasteiger charge is -2.32. The summed E-state index contributed by atoms with van der Waals surface area (Å²) in [6.07, 6.45) is 1.08. The van der Waals surface area contributed by atoms with E-state index in [0.29, 0.717) is 38.2 Å². The molecule has 1 aromatic carbocycles. The van der Waals surface area contributed by atoms with Crippen molar-refractivity contribution in [3.8, 4) is 5.75 Å². The molecule has 0 unspecified atom stereocenters. The van der Waals surface area contributed by atoms with Gasteiger partial charge in [-0.3, -0.25) is 4.79 Å². The Labute approximate surface area is 169 Å². The number of nitrogens with zero attached hydrogens (tertiary/aromatic N) is 1. The predicted octanol–water partition coefficient (Wildman–Crippen LogP) is 0.383. The maximum Gasteiger partial charge on any atom is 0.243 e. The number of piperidine rings is 1. The van der Waals surface area contributed by atoms with E-state index >= 15 is 0 Å². The minimum absolute atomic E-state index is 0.0207. The number of rotatable bonds is 8. The SMILES string of the molecule is COc1ccc(S(=O)(=O)N2CCC(C(=O)NCC(C)(C)C[NH+](C)C)CC2)cc1. The van der Waals surface area contributed by atoms with Gasteiger partial charge in [0, 0.05) is 31.0 Å². The Morgan fingerprint density at radius 2 is 1.79 bits per heavy atom. The van der Waals surface area contributed by atoms with E-state index in [9.17, 15) is 13.2 Å². The minimum atomic E-state index is -3.54. The first-order chi connectivity index (χ1) is 13.0.